The van der Waals surface area contributed by atoms with Gasteiger partial charge in [-0.15, -0.1) is 0 Å². The molecule has 6 nitrogen and oxygen atoms in total. The summed E-state index contributed by atoms with van der Waals surface area (Å²) in [7, 11) is 0. The number of para-hydroxylation sites is 1. The number of hydrogen-bond acceptors (Lipinski definition) is 5. The highest BCUT2D eigenvalue weighted by atomic mass is 32.1. The number of benzene rings is 1. The van der Waals surface area contributed by atoms with Gasteiger partial charge in [-0.2, -0.15) is 0 Å². The van der Waals surface area contributed by atoms with Crippen molar-refractivity contribution in [2.75, 3.05) is 5.32 Å². The fourth-order valence-corrected chi connectivity index (χ4v) is 2.71. The number of nitrogens with one attached hydrogen (secondary N) is 1. The third kappa shape index (κ3) is 4.79. The highest BCUT2D eigenvalue weighted by Crippen LogP contribution is 2.07. The van der Waals surface area contributed by atoms with Gasteiger partial charge < -0.3 is 14.6 Å². The number of thiazole rings is 1. The summed E-state index contributed by atoms with van der Waals surface area (Å²) in [6.45, 7) is 3.57. The van der Waals surface area contributed by atoms with E-state index in [9.17, 15) is 14.4 Å². The third-order valence-electron chi connectivity index (χ3n) is 3.23. The van der Waals surface area contributed by atoms with Gasteiger partial charge in [-0.1, -0.05) is 29.5 Å². The summed E-state index contributed by atoms with van der Waals surface area (Å²) >= 11 is 1.09. The zero-order valence-corrected chi connectivity index (χ0v) is 13.8. The summed E-state index contributed by atoms with van der Waals surface area (Å²) in [5.74, 6) is -0.911. The molecule has 0 spiro atoms. The quantitative estimate of drug-likeness (QED) is 0.822. The molecule has 1 atom stereocenters. The number of carbonyl (C=O) groups is 2. The standard InChI is InChI=1S/C16H18N2O4S/c1-11-10-23-16(21)18(11)9-8-14(19)22-12(2)15(20)17-13-6-4-3-5-7-13/h3-7,10,12H,8-9H2,1-2H3,(H,17,20). The lowest BCUT2D eigenvalue weighted by Crippen LogP contribution is -2.30. The number of nitrogens with zero attached hydrogens (tertiary/aromatic N) is 1. The van der Waals surface area contributed by atoms with E-state index in [0.717, 1.165) is 17.0 Å². The minimum atomic E-state index is -0.900. The van der Waals surface area contributed by atoms with Crippen molar-refractivity contribution in [1.29, 1.82) is 0 Å². The molecule has 2 rings (SSSR count). The molecule has 0 fully saturated rings. The molecule has 7 heteroatoms. The van der Waals surface area contributed by atoms with Crippen LogP contribution in [-0.2, 0) is 20.9 Å². The van der Waals surface area contributed by atoms with Gasteiger partial charge in [-0.05, 0) is 26.0 Å². The average molecular weight is 334 g/mol. The molecule has 1 unspecified atom stereocenters. The second kappa shape index (κ2) is 7.73. The van der Waals surface area contributed by atoms with Crippen LogP contribution >= 0.6 is 11.3 Å². The van der Waals surface area contributed by atoms with Crippen LogP contribution in [-0.4, -0.2) is 22.5 Å². The summed E-state index contributed by atoms with van der Waals surface area (Å²) in [4.78, 5) is 35.2. The number of carbonyl (C=O) groups excluding carboxylic acids is 2. The molecule has 2 aromatic rings. The number of amides is 1. The zero-order valence-electron chi connectivity index (χ0n) is 12.9. The Morgan fingerprint density at radius 1 is 1.30 bits per heavy atom. The molecule has 1 amide bonds. The maximum Gasteiger partial charge on any atom is 0.308 e. The third-order valence-corrected chi connectivity index (χ3v) is 4.12. The zero-order chi connectivity index (χ0) is 16.8. The Bertz CT molecular complexity index is 736. The molecule has 1 N–H and O–H groups in total. The number of esters is 1. The van der Waals surface area contributed by atoms with E-state index in [1.165, 1.54) is 11.5 Å². The van der Waals surface area contributed by atoms with E-state index in [2.05, 4.69) is 5.32 Å². The molecule has 0 aliphatic heterocycles. The minimum Gasteiger partial charge on any atom is -0.452 e. The molecule has 0 aliphatic carbocycles. The van der Waals surface area contributed by atoms with Crippen LogP contribution in [0.1, 0.15) is 19.0 Å². The van der Waals surface area contributed by atoms with E-state index in [0.29, 0.717) is 5.69 Å². The van der Waals surface area contributed by atoms with Crippen LogP contribution in [0.15, 0.2) is 40.5 Å². The fourth-order valence-electron chi connectivity index (χ4n) is 1.95. The molecule has 0 bridgehead atoms. The lowest BCUT2D eigenvalue weighted by atomic mass is 10.3. The van der Waals surface area contributed by atoms with Crippen molar-refractivity contribution in [3.05, 3.63) is 51.1 Å². The van der Waals surface area contributed by atoms with E-state index >= 15 is 0 Å². The van der Waals surface area contributed by atoms with Gasteiger partial charge in [0, 0.05) is 23.3 Å². The molecule has 0 saturated heterocycles. The predicted molar refractivity (Wildman–Crippen MR) is 88.6 cm³/mol. The Labute approximate surface area is 137 Å². The van der Waals surface area contributed by atoms with Crippen LogP contribution in [0.4, 0.5) is 5.69 Å². The second-order valence-corrected chi connectivity index (χ2v) is 5.85. The summed E-state index contributed by atoms with van der Waals surface area (Å²) in [6.07, 6.45) is -0.858. The molecule has 1 aromatic carbocycles. The normalized spacial score (nSPS) is 11.7. The SMILES string of the molecule is Cc1csc(=O)n1CCC(=O)OC(C)C(=O)Nc1ccccc1. The molecule has 0 aliphatic rings. The Morgan fingerprint density at radius 2 is 2.00 bits per heavy atom. The molecular weight excluding hydrogens is 316 g/mol. The Balaban J connectivity index is 1.82. The molecule has 23 heavy (non-hydrogen) atoms. The lowest BCUT2D eigenvalue weighted by molar-refractivity contribution is -0.153. The number of anilines is 1. The van der Waals surface area contributed by atoms with Crippen LogP contribution in [0.3, 0.4) is 0 Å². The van der Waals surface area contributed by atoms with Crippen LogP contribution in [0.25, 0.3) is 0 Å². The number of rotatable bonds is 6. The van der Waals surface area contributed by atoms with Crippen LogP contribution < -0.4 is 10.2 Å². The van der Waals surface area contributed by atoms with Crippen LogP contribution in [0.5, 0.6) is 0 Å². The number of hydrogen-bond donors (Lipinski definition) is 1. The van der Waals surface area contributed by atoms with Crippen molar-refractivity contribution in [2.24, 2.45) is 0 Å². The molecule has 122 valence electrons. The van der Waals surface area contributed by atoms with Gasteiger partial charge in [0.2, 0.25) is 0 Å². The van der Waals surface area contributed by atoms with E-state index in [4.69, 9.17) is 4.74 Å². The highest BCUT2D eigenvalue weighted by Gasteiger charge is 2.18. The summed E-state index contributed by atoms with van der Waals surface area (Å²) in [5, 5.41) is 4.40. The van der Waals surface area contributed by atoms with Gasteiger partial charge in [0.05, 0.1) is 6.42 Å². The largest absolute Gasteiger partial charge is 0.452 e. The monoisotopic (exact) mass is 334 g/mol. The van der Waals surface area contributed by atoms with Gasteiger partial charge in [0.1, 0.15) is 0 Å². The summed E-state index contributed by atoms with van der Waals surface area (Å²) in [5.41, 5.74) is 1.45. The Kier molecular flexibility index (Phi) is 5.70. The topological polar surface area (TPSA) is 77.4 Å². The van der Waals surface area contributed by atoms with Crippen molar-refractivity contribution in [3.8, 4) is 0 Å². The van der Waals surface area contributed by atoms with Crippen molar-refractivity contribution in [2.45, 2.75) is 32.9 Å². The Morgan fingerprint density at radius 3 is 2.61 bits per heavy atom. The van der Waals surface area contributed by atoms with Crippen LogP contribution in [0.2, 0.25) is 0 Å². The summed E-state index contributed by atoms with van der Waals surface area (Å²) < 4.78 is 6.61. The Hall–Kier alpha value is -2.41. The van der Waals surface area contributed by atoms with E-state index in [1.807, 2.05) is 6.07 Å². The van der Waals surface area contributed by atoms with E-state index in [1.54, 1.807) is 36.6 Å². The number of aromatic nitrogens is 1. The van der Waals surface area contributed by atoms with Gasteiger partial charge in [0.25, 0.3) is 5.91 Å². The van der Waals surface area contributed by atoms with E-state index in [-0.39, 0.29) is 17.8 Å². The molecule has 1 heterocycles. The first-order chi connectivity index (χ1) is 11.0. The maximum absolute atomic E-state index is 11.9. The first-order valence-corrected chi connectivity index (χ1v) is 8.05. The van der Waals surface area contributed by atoms with Crippen molar-refractivity contribution < 1.29 is 14.3 Å². The number of aryl methyl sites for hydroxylation is 1. The van der Waals surface area contributed by atoms with Crippen molar-refractivity contribution >= 4 is 28.9 Å². The lowest BCUT2D eigenvalue weighted by Gasteiger charge is -2.13. The molecule has 1 aromatic heterocycles. The van der Waals surface area contributed by atoms with Crippen molar-refractivity contribution in [3.63, 3.8) is 0 Å². The average Bonchev–Trinajstić information content (AvgIpc) is 2.85. The predicted octanol–water partition coefficient (Wildman–Crippen LogP) is 2.18. The fraction of sp³-hybridized carbons (Fsp3) is 0.312. The highest BCUT2D eigenvalue weighted by molar-refractivity contribution is 7.07. The second-order valence-electron chi connectivity index (χ2n) is 5.03. The number of ether oxygens (including phenoxy) is 1. The first kappa shape index (κ1) is 17.0. The van der Waals surface area contributed by atoms with Crippen LogP contribution in [0, 0.1) is 6.92 Å². The van der Waals surface area contributed by atoms with Gasteiger partial charge >= 0.3 is 10.8 Å². The smallest absolute Gasteiger partial charge is 0.308 e. The molecular formula is C16H18N2O4S. The van der Waals surface area contributed by atoms with E-state index < -0.39 is 18.0 Å². The first-order valence-electron chi connectivity index (χ1n) is 7.17. The minimum absolute atomic E-state index is 0.0421. The van der Waals surface area contributed by atoms with Crippen molar-refractivity contribution in [1.82, 2.24) is 4.57 Å². The van der Waals surface area contributed by atoms with Gasteiger partial charge in [0.15, 0.2) is 6.10 Å². The molecule has 0 saturated carbocycles. The van der Waals surface area contributed by atoms with Gasteiger partial charge in [-0.25, -0.2) is 0 Å². The van der Waals surface area contributed by atoms with Gasteiger partial charge in [-0.3, -0.25) is 14.4 Å². The maximum atomic E-state index is 11.9. The molecule has 0 radical (unpaired) electrons. The summed E-state index contributed by atoms with van der Waals surface area (Å²) in [6, 6.07) is 8.93.